The first-order valence-corrected chi connectivity index (χ1v) is 5.32. The Kier molecular flexibility index (Phi) is 4.26. The van der Waals surface area contributed by atoms with Crippen LogP contribution in [0.5, 0.6) is 0 Å². The lowest BCUT2D eigenvalue weighted by Crippen LogP contribution is -2.23. The second-order valence-electron chi connectivity index (χ2n) is 3.14. The molecule has 1 aromatic rings. The van der Waals surface area contributed by atoms with Crippen molar-refractivity contribution in [2.75, 3.05) is 0 Å². The summed E-state index contributed by atoms with van der Waals surface area (Å²) in [5.74, 6) is -2.82. The average Bonchev–Trinajstić information content (AvgIpc) is 2.17. The number of carboxylic acid groups (broad SMARTS) is 1. The summed E-state index contributed by atoms with van der Waals surface area (Å²) in [5, 5.41) is 8.93. The van der Waals surface area contributed by atoms with E-state index in [1.54, 1.807) is 6.92 Å². The van der Waals surface area contributed by atoms with Gasteiger partial charge in [0.25, 0.3) is 0 Å². The van der Waals surface area contributed by atoms with E-state index in [1.807, 2.05) is 0 Å². The highest BCUT2D eigenvalue weighted by molar-refractivity contribution is 6.35. The van der Waals surface area contributed by atoms with Gasteiger partial charge in [0.1, 0.15) is 16.2 Å². The zero-order valence-corrected chi connectivity index (χ0v) is 9.92. The molecule has 0 fully saturated rings. The van der Waals surface area contributed by atoms with E-state index in [9.17, 15) is 9.59 Å². The minimum absolute atomic E-state index is 0.0720. The fraction of sp³-hybridized carbons (Fsp3) is 0.300. The first kappa shape index (κ1) is 12.9. The van der Waals surface area contributed by atoms with Gasteiger partial charge in [-0.25, -0.2) is 4.98 Å². The number of carboxylic acids is 1. The second kappa shape index (κ2) is 5.27. The highest BCUT2D eigenvalue weighted by Crippen LogP contribution is 2.21. The zero-order valence-electron chi connectivity index (χ0n) is 8.41. The predicted molar refractivity (Wildman–Crippen MR) is 60.0 cm³/mol. The summed E-state index contributed by atoms with van der Waals surface area (Å²) in [6.45, 7) is 1.62. The molecule has 6 heteroatoms. The number of carbonyl (C=O) groups is 2. The fourth-order valence-electron chi connectivity index (χ4n) is 1.26. The summed E-state index contributed by atoms with van der Waals surface area (Å²) in [6.07, 6.45) is 0.202. The van der Waals surface area contributed by atoms with Crippen LogP contribution in [0.2, 0.25) is 10.3 Å². The molecule has 0 saturated carbocycles. The minimum Gasteiger partial charge on any atom is -0.481 e. The van der Waals surface area contributed by atoms with Crippen LogP contribution in [0.3, 0.4) is 0 Å². The van der Waals surface area contributed by atoms with Crippen molar-refractivity contribution in [2.45, 2.75) is 13.3 Å². The van der Waals surface area contributed by atoms with Gasteiger partial charge in [0.15, 0.2) is 5.78 Å². The molecule has 0 aliphatic heterocycles. The van der Waals surface area contributed by atoms with Crippen molar-refractivity contribution in [1.29, 1.82) is 0 Å². The second-order valence-corrected chi connectivity index (χ2v) is 3.88. The van der Waals surface area contributed by atoms with E-state index in [-0.39, 0.29) is 22.3 Å². The number of Topliss-reactive ketones (excluding diaryl/α,β-unsaturated/α-hetero) is 1. The first-order chi connectivity index (χ1) is 7.47. The van der Waals surface area contributed by atoms with Crippen molar-refractivity contribution in [3.63, 3.8) is 0 Å². The van der Waals surface area contributed by atoms with Crippen molar-refractivity contribution >= 4 is 35.0 Å². The van der Waals surface area contributed by atoms with Gasteiger partial charge in [-0.3, -0.25) is 9.59 Å². The number of hydrogen-bond donors (Lipinski definition) is 1. The summed E-state index contributed by atoms with van der Waals surface area (Å²) in [4.78, 5) is 26.3. The Labute approximate surface area is 102 Å². The summed E-state index contributed by atoms with van der Waals surface area (Å²) >= 11 is 11.3. The molecule has 1 aromatic heterocycles. The molecule has 1 rings (SSSR count). The summed E-state index contributed by atoms with van der Waals surface area (Å²) in [7, 11) is 0. The van der Waals surface area contributed by atoms with E-state index in [1.165, 1.54) is 12.1 Å². The van der Waals surface area contributed by atoms with Crippen LogP contribution in [0.4, 0.5) is 0 Å². The van der Waals surface area contributed by atoms with Gasteiger partial charge in [0.05, 0.1) is 5.56 Å². The maximum Gasteiger partial charge on any atom is 0.314 e. The molecule has 0 amide bonds. The molecule has 4 nitrogen and oxygen atoms in total. The molecule has 16 heavy (non-hydrogen) atoms. The molecule has 0 bridgehead atoms. The maximum atomic E-state index is 11.8. The predicted octanol–water partition coefficient (Wildman–Crippen LogP) is 2.68. The van der Waals surface area contributed by atoms with Gasteiger partial charge in [0, 0.05) is 0 Å². The lowest BCUT2D eigenvalue weighted by Gasteiger charge is -2.09. The Morgan fingerprint density at radius 2 is 2.06 bits per heavy atom. The molecule has 0 aliphatic rings. The lowest BCUT2D eigenvalue weighted by molar-refractivity contribution is -0.140. The van der Waals surface area contributed by atoms with Gasteiger partial charge in [-0.15, -0.1) is 0 Å². The topological polar surface area (TPSA) is 67.3 Å². The number of pyridine rings is 1. The van der Waals surface area contributed by atoms with Crippen molar-refractivity contribution in [2.24, 2.45) is 5.92 Å². The van der Waals surface area contributed by atoms with E-state index in [0.717, 1.165) is 0 Å². The van der Waals surface area contributed by atoms with Crippen LogP contribution >= 0.6 is 23.2 Å². The largest absolute Gasteiger partial charge is 0.481 e. The molecule has 1 unspecified atom stereocenters. The number of nitrogens with zero attached hydrogens (tertiary/aromatic N) is 1. The van der Waals surface area contributed by atoms with Crippen LogP contribution in [0.15, 0.2) is 12.1 Å². The number of aromatic nitrogens is 1. The number of aliphatic carboxylic acids is 1. The maximum absolute atomic E-state index is 11.8. The molecule has 1 N–H and O–H groups in total. The third kappa shape index (κ3) is 2.71. The quantitative estimate of drug-likeness (QED) is 0.514. The van der Waals surface area contributed by atoms with E-state index in [4.69, 9.17) is 28.3 Å². The molecular weight excluding hydrogens is 253 g/mol. The molecule has 1 heterocycles. The van der Waals surface area contributed by atoms with Crippen LogP contribution in [0.1, 0.15) is 23.7 Å². The van der Waals surface area contributed by atoms with Gasteiger partial charge in [0.2, 0.25) is 0 Å². The molecule has 0 aromatic carbocycles. The monoisotopic (exact) mass is 261 g/mol. The zero-order chi connectivity index (χ0) is 12.3. The lowest BCUT2D eigenvalue weighted by atomic mass is 9.96. The van der Waals surface area contributed by atoms with Gasteiger partial charge >= 0.3 is 5.97 Å². The third-order valence-electron chi connectivity index (χ3n) is 2.10. The molecule has 0 saturated heterocycles. The van der Waals surface area contributed by atoms with E-state index in [2.05, 4.69) is 4.98 Å². The van der Waals surface area contributed by atoms with Crippen molar-refractivity contribution in [3.8, 4) is 0 Å². The molecule has 0 spiro atoms. The fourth-order valence-corrected chi connectivity index (χ4v) is 1.69. The Bertz CT molecular complexity index is 434. The Hall–Kier alpha value is -1.13. The summed E-state index contributed by atoms with van der Waals surface area (Å²) in [5.41, 5.74) is 0.0836. The summed E-state index contributed by atoms with van der Waals surface area (Å²) < 4.78 is 0. The number of carbonyl (C=O) groups excluding carboxylic acids is 1. The van der Waals surface area contributed by atoms with E-state index < -0.39 is 17.7 Å². The average molecular weight is 262 g/mol. The normalized spacial score (nSPS) is 12.2. The van der Waals surface area contributed by atoms with Crippen molar-refractivity contribution in [1.82, 2.24) is 4.98 Å². The van der Waals surface area contributed by atoms with Crippen LogP contribution in [0.25, 0.3) is 0 Å². The minimum atomic E-state index is -1.17. The van der Waals surface area contributed by atoms with Crippen molar-refractivity contribution in [3.05, 3.63) is 28.0 Å². The molecule has 1 atom stereocenters. The van der Waals surface area contributed by atoms with Gasteiger partial charge in [-0.2, -0.15) is 0 Å². The molecule has 86 valence electrons. The third-order valence-corrected chi connectivity index (χ3v) is 2.60. The summed E-state index contributed by atoms with van der Waals surface area (Å²) in [6, 6.07) is 2.78. The van der Waals surface area contributed by atoms with Crippen molar-refractivity contribution < 1.29 is 14.7 Å². The molecular formula is C10H9Cl2NO3. The Morgan fingerprint density at radius 3 is 2.50 bits per heavy atom. The molecule has 0 aliphatic carbocycles. The number of hydrogen-bond acceptors (Lipinski definition) is 3. The highest BCUT2D eigenvalue weighted by atomic mass is 35.5. The standard InChI is InChI=1S/C10H9Cl2NO3/c1-2-5(10(15)16)8(14)6-3-4-7(11)13-9(6)12/h3-5H,2H2,1H3,(H,15,16). The first-order valence-electron chi connectivity index (χ1n) is 4.56. The van der Waals surface area contributed by atoms with E-state index in [0.29, 0.717) is 0 Å². The van der Waals surface area contributed by atoms with Gasteiger partial charge in [-0.1, -0.05) is 30.1 Å². The number of rotatable bonds is 4. The Balaban J connectivity index is 3.09. The van der Waals surface area contributed by atoms with E-state index >= 15 is 0 Å². The van der Waals surface area contributed by atoms with Crippen LogP contribution in [0, 0.1) is 5.92 Å². The van der Waals surface area contributed by atoms with Gasteiger partial charge < -0.3 is 5.11 Å². The highest BCUT2D eigenvalue weighted by Gasteiger charge is 2.27. The SMILES string of the molecule is CCC(C(=O)O)C(=O)c1ccc(Cl)nc1Cl. The smallest absolute Gasteiger partial charge is 0.314 e. The number of ketones is 1. The molecule has 0 radical (unpaired) electrons. The number of halogens is 2. The van der Waals surface area contributed by atoms with Gasteiger partial charge in [-0.05, 0) is 18.6 Å². The van der Waals surface area contributed by atoms with Crippen LogP contribution < -0.4 is 0 Å². The Morgan fingerprint density at radius 1 is 1.44 bits per heavy atom. The van der Waals surface area contributed by atoms with Crippen LogP contribution in [-0.2, 0) is 4.79 Å². The van der Waals surface area contributed by atoms with Crippen LogP contribution in [-0.4, -0.2) is 21.8 Å².